The number of aromatic amines is 1. The molecule has 1 heterocycles. The maximum atomic E-state index is 11.5. The minimum atomic E-state index is -0.0152. The van der Waals surface area contributed by atoms with Crippen molar-refractivity contribution in [1.29, 1.82) is 0 Å². The first-order chi connectivity index (χ1) is 10.2. The number of hydrogen-bond acceptors (Lipinski definition) is 3. The van der Waals surface area contributed by atoms with Crippen molar-refractivity contribution < 1.29 is 4.79 Å². The molecule has 5 heteroatoms. The zero-order valence-electron chi connectivity index (χ0n) is 12.1. The van der Waals surface area contributed by atoms with E-state index in [0.29, 0.717) is 12.3 Å². The van der Waals surface area contributed by atoms with E-state index in [1.165, 1.54) is 17.3 Å². The van der Waals surface area contributed by atoms with Gasteiger partial charge >= 0.3 is 0 Å². The largest absolute Gasteiger partial charge is 0.352 e. The highest BCUT2D eigenvalue weighted by Crippen LogP contribution is 2.18. The van der Waals surface area contributed by atoms with Crippen LogP contribution in [0.4, 0.5) is 0 Å². The molecule has 0 atom stereocenters. The Morgan fingerprint density at radius 1 is 1.43 bits per heavy atom. The first-order valence-electron chi connectivity index (χ1n) is 6.79. The summed E-state index contributed by atoms with van der Waals surface area (Å²) in [6, 6.07) is 10.2. The van der Waals surface area contributed by atoms with Gasteiger partial charge in [0.2, 0.25) is 5.91 Å². The van der Waals surface area contributed by atoms with Crippen molar-refractivity contribution in [2.45, 2.75) is 18.5 Å². The van der Waals surface area contributed by atoms with Crippen LogP contribution in [0.15, 0.2) is 48.1 Å². The summed E-state index contributed by atoms with van der Waals surface area (Å²) in [6.45, 7) is 6.07. The van der Waals surface area contributed by atoms with Crippen LogP contribution in [0.25, 0.3) is 0 Å². The molecule has 0 unspecified atom stereocenters. The minimum absolute atomic E-state index is 0.0152. The smallest absolute Gasteiger partial charge is 0.230 e. The molecule has 21 heavy (non-hydrogen) atoms. The maximum absolute atomic E-state index is 11.5. The summed E-state index contributed by atoms with van der Waals surface area (Å²) in [5, 5.41) is 3.53. The average molecular weight is 301 g/mol. The van der Waals surface area contributed by atoms with Gasteiger partial charge < -0.3 is 10.3 Å². The minimum Gasteiger partial charge on any atom is -0.352 e. The van der Waals surface area contributed by atoms with E-state index >= 15 is 0 Å². The molecule has 1 amide bonds. The quantitative estimate of drug-likeness (QED) is 0.610. The van der Waals surface area contributed by atoms with Gasteiger partial charge in [-0.25, -0.2) is 4.98 Å². The normalized spacial score (nSPS) is 10.3. The van der Waals surface area contributed by atoms with Gasteiger partial charge in [-0.2, -0.15) is 0 Å². The first-order valence-corrected chi connectivity index (χ1v) is 7.77. The summed E-state index contributed by atoms with van der Waals surface area (Å²) in [5.41, 5.74) is 3.30. The van der Waals surface area contributed by atoms with E-state index in [2.05, 4.69) is 34.0 Å². The number of thioether (sulfide) groups is 1. The summed E-state index contributed by atoms with van der Waals surface area (Å²) in [4.78, 5) is 19.3. The van der Waals surface area contributed by atoms with E-state index in [4.69, 9.17) is 0 Å². The molecule has 0 radical (unpaired) electrons. The second-order valence-corrected chi connectivity index (χ2v) is 5.62. The number of rotatable bonds is 7. The zero-order valence-corrected chi connectivity index (χ0v) is 12.9. The fourth-order valence-electron chi connectivity index (χ4n) is 1.87. The van der Waals surface area contributed by atoms with Crippen LogP contribution in [0, 0.1) is 6.92 Å². The van der Waals surface area contributed by atoms with Gasteiger partial charge in [-0.3, -0.25) is 4.79 Å². The van der Waals surface area contributed by atoms with Crippen LogP contribution in [0.5, 0.6) is 0 Å². The number of H-pyrrole nitrogens is 1. The third-order valence-corrected chi connectivity index (χ3v) is 3.84. The summed E-state index contributed by atoms with van der Waals surface area (Å²) < 4.78 is 0. The average Bonchev–Trinajstić information content (AvgIpc) is 2.84. The standard InChI is InChI=1S/C16H19N3OS/c1-3-9-17-15(20)11-21-16-18-12(2)14(19-16)10-13-7-5-4-6-8-13/h3-8H,1,9-11H2,2H3,(H,17,20)(H,18,19). The predicted molar refractivity (Wildman–Crippen MR) is 86.5 cm³/mol. The van der Waals surface area contributed by atoms with E-state index in [0.717, 1.165) is 23.0 Å². The van der Waals surface area contributed by atoms with E-state index < -0.39 is 0 Å². The van der Waals surface area contributed by atoms with Crippen molar-refractivity contribution in [2.75, 3.05) is 12.3 Å². The van der Waals surface area contributed by atoms with Crippen LogP contribution in [0.3, 0.4) is 0 Å². The van der Waals surface area contributed by atoms with Crippen LogP contribution in [0.2, 0.25) is 0 Å². The summed E-state index contributed by atoms with van der Waals surface area (Å²) in [7, 11) is 0. The second-order valence-electron chi connectivity index (χ2n) is 4.66. The molecular weight excluding hydrogens is 282 g/mol. The van der Waals surface area contributed by atoms with Gasteiger partial charge in [-0.05, 0) is 12.5 Å². The number of imidazole rings is 1. The lowest BCUT2D eigenvalue weighted by Gasteiger charge is -2.00. The molecular formula is C16H19N3OS. The lowest BCUT2D eigenvalue weighted by Crippen LogP contribution is -2.24. The maximum Gasteiger partial charge on any atom is 0.230 e. The van der Waals surface area contributed by atoms with Gasteiger partial charge in [-0.15, -0.1) is 6.58 Å². The Morgan fingerprint density at radius 2 is 2.19 bits per heavy atom. The lowest BCUT2D eigenvalue weighted by molar-refractivity contribution is -0.118. The molecule has 4 nitrogen and oxygen atoms in total. The fourth-order valence-corrected chi connectivity index (χ4v) is 2.64. The molecule has 0 saturated heterocycles. The molecule has 1 aromatic carbocycles. The number of carbonyl (C=O) groups excluding carboxylic acids is 1. The number of carbonyl (C=O) groups is 1. The Kier molecular flexibility index (Phi) is 5.63. The number of aryl methyl sites for hydroxylation is 1. The molecule has 0 aliphatic rings. The third-order valence-electron chi connectivity index (χ3n) is 2.96. The molecule has 110 valence electrons. The fraction of sp³-hybridized carbons (Fsp3) is 0.250. The van der Waals surface area contributed by atoms with Crippen molar-refractivity contribution in [2.24, 2.45) is 0 Å². The highest BCUT2D eigenvalue weighted by atomic mass is 32.2. The SMILES string of the molecule is C=CCNC(=O)CSc1nc(Cc2ccccc2)c(C)[nH]1. The predicted octanol–water partition coefficient (Wildman–Crippen LogP) is 2.70. The number of benzene rings is 1. The number of nitrogens with one attached hydrogen (secondary N) is 2. The summed E-state index contributed by atoms with van der Waals surface area (Å²) in [5.74, 6) is 0.338. The van der Waals surface area contributed by atoms with Crippen LogP contribution < -0.4 is 5.32 Å². The Morgan fingerprint density at radius 3 is 2.90 bits per heavy atom. The van der Waals surface area contributed by atoms with Gasteiger partial charge in [0.1, 0.15) is 0 Å². The molecule has 0 aliphatic carbocycles. The lowest BCUT2D eigenvalue weighted by atomic mass is 10.1. The van der Waals surface area contributed by atoms with Crippen molar-refractivity contribution >= 4 is 17.7 Å². The van der Waals surface area contributed by atoms with Crippen molar-refractivity contribution in [3.8, 4) is 0 Å². The number of amides is 1. The topological polar surface area (TPSA) is 57.8 Å². The van der Waals surface area contributed by atoms with Gasteiger partial charge in [0, 0.05) is 18.7 Å². The van der Waals surface area contributed by atoms with Crippen molar-refractivity contribution in [1.82, 2.24) is 15.3 Å². The van der Waals surface area contributed by atoms with E-state index in [9.17, 15) is 4.79 Å². The van der Waals surface area contributed by atoms with Crippen molar-refractivity contribution in [3.63, 3.8) is 0 Å². The molecule has 0 bridgehead atoms. The Labute approximate surface area is 129 Å². The molecule has 2 aromatic rings. The van der Waals surface area contributed by atoms with Gasteiger partial charge in [0.25, 0.3) is 0 Å². The number of nitrogens with zero attached hydrogens (tertiary/aromatic N) is 1. The highest BCUT2D eigenvalue weighted by Gasteiger charge is 2.09. The van der Waals surface area contributed by atoms with Gasteiger partial charge in [-0.1, -0.05) is 48.2 Å². The van der Waals surface area contributed by atoms with Crippen LogP contribution in [-0.2, 0) is 11.2 Å². The molecule has 1 aromatic heterocycles. The molecule has 2 rings (SSSR count). The Hall–Kier alpha value is -2.01. The molecule has 0 fully saturated rings. The molecule has 2 N–H and O–H groups in total. The van der Waals surface area contributed by atoms with E-state index in [1.807, 2.05) is 25.1 Å². The summed E-state index contributed by atoms with van der Waals surface area (Å²) >= 11 is 1.41. The monoisotopic (exact) mass is 301 g/mol. The van der Waals surface area contributed by atoms with Gasteiger partial charge in [0.05, 0.1) is 11.4 Å². The van der Waals surface area contributed by atoms with E-state index in [1.54, 1.807) is 6.08 Å². The third kappa shape index (κ3) is 4.79. The zero-order chi connectivity index (χ0) is 15.1. The van der Waals surface area contributed by atoms with Crippen LogP contribution >= 0.6 is 11.8 Å². The molecule has 0 saturated carbocycles. The van der Waals surface area contributed by atoms with Gasteiger partial charge in [0.15, 0.2) is 5.16 Å². The number of aromatic nitrogens is 2. The highest BCUT2D eigenvalue weighted by molar-refractivity contribution is 7.99. The Balaban J connectivity index is 1.93. The second kappa shape index (κ2) is 7.69. The van der Waals surface area contributed by atoms with Crippen molar-refractivity contribution in [3.05, 3.63) is 59.9 Å². The number of hydrogen-bond donors (Lipinski definition) is 2. The van der Waals surface area contributed by atoms with Crippen LogP contribution in [0.1, 0.15) is 17.0 Å². The first kappa shape index (κ1) is 15.4. The summed E-state index contributed by atoms with van der Waals surface area (Å²) in [6.07, 6.45) is 2.46. The van der Waals surface area contributed by atoms with E-state index in [-0.39, 0.29) is 5.91 Å². The molecule has 0 spiro atoms. The molecule has 0 aliphatic heterocycles. The van der Waals surface area contributed by atoms with Crippen LogP contribution in [-0.4, -0.2) is 28.2 Å². The Bertz CT molecular complexity index is 607.